The van der Waals surface area contributed by atoms with Crippen LogP contribution in [0.3, 0.4) is 0 Å². The number of halogens is 1. The molecule has 0 fully saturated rings. The molecule has 0 bridgehead atoms. The third-order valence-corrected chi connectivity index (χ3v) is 2.50. The monoisotopic (exact) mass is 224 g/mol. The molecular weight excluding hydrogens is 215 g/mol. The predicted octanol–water partition coefficient (Wildman–Crippen LogP) is 2.78. The van der Waals surface area contributed by atoms with Crippen molar-refractivity contribution in [3.63, 3.8) is 0 Å². The molecule has 5 heteroatoms. The topological polar surface area (TPSA) is 32.7 Å². The first-order valence-corrected chi connectivity index (χ1v) is 5.18. The van der Waals surface area contributed by atoms with E-state index in [0.717, 1.165) is 5.71 Å². The van der Waals surface area contributed by atoms with Crippen LogP contribution in [0.2, 0.25) is 0 Å². The number of hydrogen-bond donors (Lipinski definition) is 0. The lowest BCUT2D eigenvalue weighted by Crippen LogP contribution is -2.19. The Hall–Kier alpha value is -1.36. The lowest BCUT2D eigenvalue weighted by Gasteiger charge is -2.11. The number of anilines is 1. The summed E-state index contributed by atoms with van der Waals surface area (Å²) < 4.78 is 12.3. The summed E-state index contributed by atoms with van der Waals surface area (Å²) in [6.07, 6.45) is 0.340. The number of carbonyl (C=O) groups excluding carboxylic acids is 1. The zero-order valence-electron chi connectivity index (χ0n) is 8.11. The van der Waals surface area contributed by atoms with Gasteiger partial charge in [0.15, 0.2) is 0 Å². The Labute approximate surface area is 91.3 Å². The molecule has 0 unspecified atom stereocenters. The maximum absolute atomic E-state index is 12.3. The van der Waals surface area contributed by atoms with E-state index in [2.05, 4.69) is 5.10 Å². The van der Waals surface area contributed by atoms with Crippen LogP contribution in [0.1, 0.15) is 13.3 Å². The maximum atomic E-state index is 12.3. The second-order valence-corrected chi connectivity index (χ2v) is 3.92. The fraction of sp³-hybridized carbons (Fsp3) is 0.200. The summed E-state index contributed by atoms with van der Waals surface area (Å²) in [4.78, 5) is 12.0. The van der Waals surface area contributed by atoms with Gasteiger partial charge in [0.1, 0.15) is 0 Å². The molecule has 1 aromatic rings. The third kappa shape index (κ3) is 2.02. The zero-order valence-corrected chi connectivity index (χ0v) is 8.92. The smallest absolute Gasteiger partial charge is 0.253 e. The van der Waals surface area contributed by atoms with Gasteiger partial charge in [-0.2, -0.15) is 8.99 Å². The van der Waals surface area contributed by atoms with Gasteiger partial charge in [0.2, 0.25) is 0 Å². The van der Waals surface area contributed by atoms with E-state index in [9.17, 15) is 8.68 Å². The molecule has 1 aliphatic heterocycles. The van der Waals surface area contributed by atoms with Crippen molar-refractivity contribution in [2.24, 2.45) is 5.10 Å². The van der Waals surface area contributed by atoms with Crippen molar-refractivity contribution in [1.82, 2.24) is 0 Å². The van der Waals surface area contributed by atoms with Crippen molar-refractivity contribution in [2.45, 2.75) is 18.2 Å². The van der Waals surface area contributed by atoms with E-state index in [-0.39, 0.29) is 18.1 Å². The summed E-state index contributed by atoms with van der Waals surface area (Å²) in [6, 6.07) is 6.68. The Balaban J connectivity index is 2.33. The van der Waals surface area contributed by atoms with Crippen molar-refractivity contribution < 1.29 is 8.68 Å². The standard InChI is InChI=1S/C10H9FN2OS/c1-7-5-10(14)13(12-7)8-3-2-4-9(6-8)15-11/h2-4,6H,5H2,1H3. The molecule has 2 rings (SSSR count). The van der Waals surface area contributed by atoms with Gasteiger partial charge in [0, 0.05) is 10.6 Å². The fourth-order valence-corrected chi connectivity index (χ4v) is 1.72. The van der Waals surface area contributed by atoms with E-state index in [1.54, 1.807) is 31.2 Å². The molecule has 3 nitrogen and oxygen atoms in total. The summed E-state index contributed by atoms with van der Waals surface area (Å²) in [5.74, 6) is -0.0755. The average Bonchev–Trinajstić information content (AvgIpc) is 2.58. The lowest BCUT2D eigenvalue weighted by atomic mass is 10.3. The molecular formula is C10H9FN2OS. The van der Waals surface area contributed by atoms with Crippen molar-refractivity contribution in [2.75, 3.05) is 5.01 Å². The predicted molar refractivity (Wildman–Crippen MR) is 58.6 cm³/mol. The first-order valence-electron chi connectivity index (χ1n) is 4.46. The van der Waals surface area contributed by atoms with Crippen LogP contribution >= 0.6 is 12.1 Å². The maximum Gasteiger partial charge on any atom is 0.253 e. The Bertz CT molecular complexity index is 433. The van der Waals surface area contributed by atoms with Gasteiger partial charge in [0.25, 0.3) is 5.91 Å². The van der Waals surface area contributed by atoms with Gasteiger partial charge < -0.3 is 0 Å². The number of benzene rings is 1. The van der Waals surface area contributed by atoms with Crippen molar-refractivity contribution in [3.8, 4) is 0 Å². The highest BCUT2D eigenvalue weighted by Gasteiger charge is 2.22. The van der Waals surface area contributed by atoms with E-state index in [1.807, 2.05) is 0 Å². The minimum absolute atomic E-state index is 0.0755. The Morgan fingerprint density at radius 1 is 1.53 bits per heavy atom. The number of hydrogen-bond acceptors (Lipinski definition) is 3. The third-order valence-electron chi connectivity index (χ3n) is 2.07. The quantitative estimate of drug-likeness (QED) is 0.773. The molecule has 0 spiro atoms. The summed E-state index contributed by atoms with van der Waals surface area (Å²) >= 11 is 0.157. The molecule has 1 amide bonds. The molecule has 1 aromatic carbocycles. The van der Waals surface area contributed by atoms with Crippen molar-refractivity contribution >= 4 is 29.5 Å². The summed E-state index contributed by atoms with van der Waals surface area (Å²) in [6.45, 7) is 1.80. The molecule has 0 atom stereocenters. The van der Waals surface area contributed by atoms with Gasteiger partial charge in [-0.3, -0.25) is 4.79 Å². The highest BCUT2D eigenvalue weighted by atomic mass is 32.2. The number of rotatable bonds is 2. The molecule has 0 radical (unpaired) electrons. The van der Waals surface area contributed by atoms with Crippen molar-refractivity contribution in [3.05, 3.63) is 24.3 Å². The minimum atomic E-state index is -0.0755. The summed E-state index contributed by atoms with van der Waals surface area (Å²) in [5.41, 5.74) is 1.39. The average molecular weight is 224 g/mol. The Kier molecular flexibility index (Phi) is 2.73. The minimum Gasteiger partial charge on any atom is -0.272 e. The molecule has 0 N–H and O–H groups in total. The van der Waals surface area contributed by atoms with Crippen molar-refractivity contribution in [1.29, 1.82) is 0 Å². The normalized spacial score (nSPS) is 15.7. The van der Waals surface area contributed by atoms with Gasteiger partial charge in [-0.1, -0.05) is 6.07 Å². The van der Waals surface area contributed by atoms with Crippen LogP contribution in [0.25, 0.3) is 0 Å². The fourth-order valence-electron chi connectivity index (χ4n) is 1.42. The van der Waals surface area contributed by atoms with Gasteiger partial charge >= 0.3 is 0 Å². The van der Waals surface area contributed by atoms with Crippen LogP contribution in [0.5, 0.6) is 0 Å². The van der Waals surface area contributed by atoms with E-state index in [1.165, 1.54) is 5.01 Å². The largest absolute Gasteiger partial charge is 0.272 e. The summed E-state index contributed by atoms with van der Waals surface area (Å²) in [7, 11) is 0. The number of carbonyl (C=O) groups is 1. The first-order chi connectivity index (χ1) is 7.20. The van der Waals surface area contributed by atoms with Crippen LogP contribution in [-0.2, 0) is 4.79 Å². The van der Waals surface area contributed by atoms with E-state index >= 15 is 0 Å². The zero-order chi connectivity index (χ0) is 10.8. The van der Waals surface area contributed by atoms with Crippen LogP contribution < -0.4 is 5.01 Å². The summed E-state index contributed by atoms with van der Waals surface area (Å²) in [5, 5.41) is 5.40. The van der Waals surface area contributed by atoms with Gasteiger partial charge in [-0.15, -0.1) is 0 Å². The van der Waals surface area contributed by atoms with E-state index in [4.69, 9.17) is 0 Å². The second-order valence-electron chi connectivity index (χ2n) is 3.29. The van der Waals surface area contributed by atoms with Gasteiger partial charge in [-0.25, -0.2) is 5.01 Å². The molecule has 0 aromatic heterocycles. The number of amides is 1. The van der Waals surface area contributed by atoms with E-state index < -0.39 is 0 Å². The van der Waals surface area contributed by atoms with Crippen LogP contribution in [0, 0.1) is 0 Å². The molecule has 1 aliphatic rings. The molecule has 1 heterocycles. The molecule has 0 saturated heterocycles. The highest BCUT2D eigenvalue weighted by molar-refractivity contribution is 7.94. The molecule has 78 valence electrons. The Morgan fingerprint density at radius 3 is 2.93 bits per heavy atom. The molecule has 0 aliphatic carbocycles. The Morgan fingerprint density at radius 2 is 2.33 bits per heavy atom. The highest BCUT2D eigenvalue weighted by Crippen LogP contribution is 2.26. The number of hydrazone groups is 1. The lowest BCUT2D eigenvalue weighted by molar-refractivity contribution is -0.116. The first kappa shape index (κ1) is 10.2. The van der Waals surface area contributed by atoms with Gasteiger partial charge in [-0.05, 0) is 25.1 Å². The van der Waals surface area contributed by atoms with E-state index in [0.29, 0.717) is 17.0 Å². The SMILES string of the molecule is CC1=NN(c2cccc(SF)c2)C(=O)C1. The van der Waals surface area contributed by atoms with Crippen LogP contribution in [-0.4, -0.2) is 11.6 Å². The van der Waals surface area contributed by atoms with Crippen LogP contribution in [0.15, 0.2) is 34.3 Å². The molecule has 0 saturated carbocycles. The van der Waals surface area contributed by atoms with Gasteiger partial charge in [0.05, 0.1) is 24.3 Å². The second kappa shape index (κ2) is 4.02. The molecule has 15 heavy (non-hydrogen) atoms. The number of nitrogens with zero attached hydrogens (tertiary/aromatic N) is 2. The van der Waals surface area contributed by atoms with Crippen LogP contribution in [0.4, 0.5) is 9.57 Å².